The summed E-state index contributed by atoms with van der Waals surface area (Å²) in [5, 5.41) is 0.159. The normalized spacial score (nSPS) is 11.0. The number of nitrogens with one attached hydrogen (secondary N) is 1. The van der Waals surface area contributed by atoms with E-state index in [4.69, 9.17) is 16.3 Å². The van der Waals surface area contributed by atoms with Crippen molar-refractivity contribution in [3.63, 3.8) is 0 Å². The lowest BCUT2D eigenvalue weighted by Gasteiger charge is -2.14. The van der Waals surface area contributed by atoms with Crippen LogP contribution in [0, 0.1) is 0 Å². The van der Waals surface area contributed by atoms with E-state index in [1.54, 1.807) is 48.5 Å². The molecular weight excluding hydrogens is 346 g/mol. The lowest BCUT2D eigenvalue weighted by Crippen LogP contribution is -2.14. The SMILES string of the molecule is O=S(=O)(Nc1ccccc1Oc1ccccc1)c1ccccc1Cl. The lowest BCUT2D eigenvalue weighted by atomic mass is 10.3. The number of ether oxygens (including phenoxy) is 1. The van der Waals surface area contributed by atoms with Gasteiger partial charge in [0.25, 0.3) is 10.0 Å². The topological polar surface area (TPSA) is 55.4 Å². The molecule has 0 fully saturated rings. The van der Waals surface area contributed by atoms with Crippen molar-refractivity contribution in [1.82, 2.24) is 0 Å². The number of sulfonamides is 1. The molecule has 3 rings (SSSR count). The van der Waals surface area contributed by atoms with Gasteiger partial charge < -0.3 is 4.74 Å². The third-order valence-electron chi connectivity index (χ3n) is 3.23. The summed E-state index contributed by atoms with van der Waals surface area (Å²) < 4.78 is 33.4. The summed E-state index contributed by atoms with van der Waals surface area (Å²) in [6, 6.07) is 22.2. The molecule has 0 aromatic heterocycles. The van der Waals surface area contributed by atoms with Gasteiger partial charge in [-0.05, 0) is 36.4 Å². The summed E-state index contributed by atoms with van der Waals surface area (Å²) in [6.07, 6.45) is 0. The van der Waals surface area contributed by atoms with Crippen LogP contribution < -0.4 is 9.46 Å². The molecular formula is C18H14ClNO3S. The van der Waals surface area contributed by atoms with Crippen molar-refractivity contribution in [2.45, 2.75) is 4.90 Å². The number of para-hydroxylation sites is 3. The molecule has 3 aromatic carbocycles. The highest BCUT2D eigenvalue weighted by Crippen LogP contribution is 2.31. The first kappa shape index (κ1) is 16.4. The van der Waals surface area contributed by atoms with Gasteiger partial charge in [-0.25, -0.2) is 8.42 Å². The van der Waals surface area contributed by atoms with E-state index in [1.165, 1.54) is 12.1 Å². The highest BCUT2D eigenvalue weighted by molar-refractivity contribution is 7.92. The van der Waals surface area contributed by atoms with Crippen molar-refractivity contribution in [3.8, 4) is 11.5 Å². The van der Waals surface area contributed by atoms with Crippen molar-refractivity contribution in [2.75, 3.05) is 4.72 Å². The van der Waals surface area contributed by atoms with E-state index in [2.05, 4.69) is 4.72 Å². The fourth-order valence-electron chi connectivity index (χ4n) is 2.12. The minimum absolute atomic E-state index is 0.0150. The van der Waals surface area contributed by atoms with E-state index in [0.29, 0.717) is 17.2 Å². The van der Waals surface area contributed by atoms with Gasteiger partial charge >= 0.3 is 0 Å². The summed E-state index contributed by atoms with van der Waals surface area (Å²) >= 11 is 5.99. The van der Waals surface area contributed by atoms with Gasteiger partial charge in [0, 0.05) is 0 Å². The van der Waals surface area contributed by atoms with Gasteiger partial charge in [-0.15, -0.1) is 0 Å². The predicted molar refractivity (Wildman–Crippen MR) is 95.2 cm³/mol. The van der Waals surface area contributed by atoms with Crippen LogP contribution in [0.2, 0.25) is 5.02 Å². The van der Waals surface area contributed by atoms with E-state index in [1.807, 2.05) is 18.2 Å². The number of anilines is 1. The minimum atomic E-state index is -3.82. The first-order valence-electron chi connectivity index (χ1n) is 7.15. The zero-order valence-electron chi connectivity index (χ0n) is 12.5. The Labute approximate surface area is 145 Å². The molecule has 0 aliphatic carbocycles. The Morgan fingerprint density at radius 2 is 1.42 bits per heavy atom. The Balaban J connectivity index is 1.92. The fraction of sp³-hybridized carbons (Fsp3) is 0. The molecule has 0 aliphatic heterocycles. The number of benzene rings is 3. The van der Waals surface area contributed by atoms with Crippen LogP contribution in [0.5, 0.6) is 11.5 Å². The molecule has 6 heteroatoms. The number of halogens is 1. The van der Waals surface area contributed by atoms with Crippen LogP contribution in [0.15, 0.2) is 83.8 Å². The molecule has 4 nitrogen and oxygen atoms in total. The van der Waals surface area contributed by atoms with Crippen molar-refractivity contribution in [2.24, 2.45) is 0 Å². The Morgan fingerprint density at radius 3 is 2.17 bits per heavy atom. The fourth-order valence-corrected chi connectivity index (χ4v) is 3.71. The summed E-state index contributed by atoms with van der Waals surface area (Å²) in [4.78, 5) is 0.0150. The first-order valence-corrected chi connectivity index (χ1v) is 9.02. The second-order valence-electron chi connectivity index (χ2n) is 4.95. The van der Waals surface area contributed by atoms with Crippen LogP contribution in [-0.2, 0) is 10.0 Å². The van der Waals surface area contributed by atoms with Gasteiger partial charge in [0.05, 0.1) is 10.7 Å². The number of hydrogen-bond acceptors (Lipinski definition) is 3. The zero-order valence-corrected chi connectivity index (χ0v) is 14.1. The lowest BCUT2D eigenvalue weighted by molar-refractivity contribution is 0.485. The van der Waals surface area contributed by atoms with Crippen LogP contribution in [0.4, 0.5) is 5.69 Å². The van der Waals surface area contributed by atoms with Crippen molar-refractivity contribution >= 4 is 27.3 Å². The number of hydrogen-bond donors (Lipinski definition) is 1. The van der Waals surface area contributed by atoms with Gasteiger partial charge in [-0.3, -0.25) is 4.72 Å². The Bertz CT molecular complexity index is 943. The summed E-state index contributed by atoms with van der Waals surface area (Å²) in [6.45, 7) is 0. The van der Waals surface area contributed by atoms with E-state index in [9.17, 15) is 8.42 Å². The maximum Gasteiger partial charge on any atom is 0.263 e. The molecule has 0 heterocycles. The molecule has 0 radical (unpaired) electrons. The maximum absolute atomic E-state index is 12.6. The molecule has 0 amide bonds. The Morgan fingerprint density at radius 1 is 0.792 bits per heavy atom. The third kappa shape index (κ3) is 3.69. The third-order valence-corrected chi connectivity index (χ3v) is 5.09. The second kappa shape index (κ2) is 6.95. The van der Waals surface area contributed by atoms with Crippen LogP contribution in [0.25, 0.3) is 0 Å². The summed E-state index contributed by atoms with van der Waals surface area (Å²) in [5.41, 5.74) is 0.335. The standard InChI is InChI=1S/C18H14ClNO3S/c19-15-10-4-7-13-18(15)24(21,22)20-16-11-5-6-12-17(16)23-14-8-2-1-3-9-14/h1-13,20H. The van der Waals surface area contributed by atoms with E-state index >= 15 is 0 Å². The van der Waals surface area contributed by atoms with Crippen molar-refractivity contribution in [1.29, 1.82) is 0 Å². The smallest absolute Gasteiger partial charge is 0.263 e. The van der Waals surface area contributed by atoms with Crippen LogP contribution >= 0.6 is 11.6 Å². The van der Waals surface area contributed by atoms with Crippen LogP contribution in [0.3, 0.4) is 0 Å². The Hall–Kier alpha value is -2.50. The van der Waals surface area contributed by atoms with E-state index in [-0.39, 0.29) is 9.92 Å². The van der Waals surface area contributed by atoms with Gasteiger partial charge in [0.15, 0.2) is 5.75 Å². The molecule has 0 spiro atoms. The molecule has 0 bridgehead atoms. The van der Waals surface area contributed by atoms with Gasteiger partial charge in [0.2, 0.25) is 0 Å². The van der Waals surface area contributed by atoms with Crippen molar-refractivity contribution in [3.05, 3.63) is 83.9 Å². The Kier molecular flexibility index (Phi) is 4.74. The average Bonchev–Trinajstić information content (AvgIpc) is 2.57. The second-order valence-corrected chi connectivity index (χ2v) is 7.01. The van der Waals surface area contributed by atoms with Crippen LogP contribution in [0.1, 0.15) is 0 Å². The maximum atomic E-state index is 12.6. The predicted octanol–water partition coefficient (Wildman–Crippen LogP) is 4.93. The average molecular weight is 360 g/mol. The molecule has 24 heavy (non-hydrogen) atoms. The highest BCUT2D eigenvalue weighted by atomic mass is 35.5. The van der Waals surface area contributed by atoms with E-state index in [0.717, 1.165) is 0 Å². The quantitative estimate of drug-likeness (QED) is 0.702. The van der Waals surface area contributed by atoms with E-state index < -0.39 is 10.0 Å². The first-order chi connectivity index (χ1) is 11.6. The van der Waals surface area contributed by atoms with Gasteiger partial charge in [-0.2, -0.15) is 0 Å². The van der Waals surface area contributed by atoms with Crippen LogP contribution in [-0.4, -0.2) is 8.42 Å². The van der Waals surface area contributed by atoms with Crippen molar-refractivity contribution < 1.29 is 13.2 Å². The summed E-state index contributed by atoms with van der Waals surface area (Å²) in [5.74, 6) is 1.02. The molecule has 0 saturated heterocycles. The van der Waals surface area contributed by atoms with Gasteiger partial charge in [-0.1, -0.05) is 54.1 Å². The minimum Gasteiger partial charge on any atom is -0.455 e. The molecule has 0 unspecified atom stereocenters. The molecule has 0 saturated carbocycles. The van der Waals surface area contributed by atoms with Gasteiger partial charge in [0.1, 0.15) is 10.6 Å². The molecule has 3 aromatic rings. The molecule has 122 valence electrons. The molecule has 1 N–H and O–H groups in total. The zero-order chi connectivity index (χ0) is 17.0. The molecule has 0 aliphatic rings. The summed E-state index contributed by atoms with van der Waals surface area (Å²) in [7, 11) is -3.82. The number of rotatable bonds is 5. The monoisotopic (exact) mass is 359 g/mol. The molecule has 0 atom stereocenters. The largest absolute Gasteiger partial charge is 0.455 e. The highest BCUT2D eigenvalue weighted by Gasteiger charge is 2.19.